The molecule has 0 saturated carbocycles. The van der Waals surface area contributed by atoms with Gasteiger partial charge < -0.3 is 9.47 Å². The first kappa shape index (κ1) is 28.5. The van der Waals surface area contributed by atoms with Gasteiger partial charge in [-0.25, -0.2) is 8.78 Å². The van der Waals surface area contributed by atoms with E-state index in [0.29, 0.717) is 5.69 Å². The highest BCUT2D eigenvalue weighted by Crippen LogP contribution is 2.45. The van der Waals surface area contributed by atoms with Crippen molar-refractivity contribution in [3.8, 4) is 16.8 Å². The summed E-state index contributed by atoms with van der Waals surface area (Å²) in [5, 5.41) is 9.72. The average molecular weight is 647 g/mol. The third-order valence-corrected chi connectivity index (χ3v) is 10.1. The lowest BCUT2D eigenvalue weighted by Crippen LogP contribution is -2.13. The molecule has 0 unspecified atom stereocenters. The number of aromatic nitrogens is 1. The topological polar surface area (TPSA) is 8.17 Å². The number of benzene rings is 9. The van der Waals surface area contributed by atoms with E-state index in [9.17, 15) is 0 Å². The molecule has 0 N–H and O–H groups in total. The molecule has 10 aromatic rings. The number of hydrogen-bond donors (Lipinski definition) is 0. The molecule has 0 aliphatic rings. The van der Waals surface area contributed by atoms with E-state index in [0.717, 1.165) is 22.2 Å². The maximum Gasteiger partial charge on any atom is 0.147 e. The van der Waals surface area contributed by atoms with Crippen molar-refractivity contribution in [1.29, 1.82) is 0 Å². The molecule has 0 amide bonds. The molecule has 10 rings (SSSR count). The van der Waals surface area contributed by atoms with Crippen LogP contribution in [0.3, 0.4) is 0 Å². The zero-order valence-corrected chi connectivity index (χ0v) is 26.8. The van der Waals surface area contributed by atoms with E-state index in [1.54, 1.807) is 41.3 Å². The fourth-order valence-electron chi connectivity index (χ4n) is 7.89. The van der Waals surface area contributed by atoms with Gasteiger partial charge >= 0.3 is 0 Å². The predicted octanol–water partition coefficient (Wildman–Crippen LogP) is 13.1. The molecule has 0 aliphatic heterocycles. The molecule has 0 aliphatic carbocycles. The van der Waals surface area contributed by atoms with E-state index in [4.69, 9.17) is 0 Å². The SMILES string of the molecule is Fc1ccccc1N(c1ccc(-c2ccc3ccc4cc5c6ccccc6n(-c6ccccc6)c5c5ccc2c3c45)cc1)c1ccccc1F. The van der Waals surface area contributed by atoms with Crippen LogP contribution in [0.25, 0.3) is 70.9 Å². The standard InChI is InChI=1S/C46H28F2N2/c47-39-13-5-8-16-42(39)49(43-17-9-6-14-40(43)48)33-23-20-29(21-24-33)34-25-22-30-18-19-31-28-38-35-12-4-7-15-41(35)50(32-10-2-1-3-11-32)46(38)37-27-26-36(34)44(30)45(31)37/h1-28H. The molecular weight excluding hydrogens is 619 g/mol. The summed E-state index contributed by atoms with van der Waals surface area (Å²) in [4.78, 5) is 1.63. The van der Waals surface area contributed by atoms with Crippen molar-refractivity contribution in [1.82, 2.24) is 4.57 Å². The molecule has 0 fully saturated rings. The van der Waals surface area contributed by atoms with Gasteiger partial charge in [0.05, 0.1) is 22.4 Å². The Morgan fingerprint density at radius 3 is 1.78 bits per heavy atom. The fourth-order valence-corrected chi connectivity index (χ4v) is 7.89. The van der Waals surface area contributed by atoms with Gasteiger partial charge in [0.1, 0.15) is 11.6 Å². The summed E-state index contributed by atoms with van der Waals surface area (Å²) >= 11 is 0. The van der Waals surface area contributed by atoms with Crippen molar-refractivity contribution in [2.24, 2.45) is 0 Å². The average Bonchev–Trinajstić information content (AvgIpc) is 3.50. The first-order valence-electron chi connectivity index (χ1n) is 16.7. The Balaban J connectivity index is 1.18. The molecule has 0 atom stereocenters. The summed E-state index contributed by atoms with van der Waals surface area (Å²) in [5.41, 5.74) is 6.88. The first-order valence-corrected chi connectivity index (χ1v) is 16.7. The molecule has 0 spiro atoms. The zero-order chi connectivity index (χ0) is 33.3. The van der Waals surface area contributed by atoms with Crippen LogP contribution in [-0.4, -0.2) is 4.57 Å². The first-order chi connectivity index (χ1) is 24.7. The van der Waals surface area contributed by atoms with Crippen molar-refractivity contribution < 1.29 is 8.78 Å². The van der Waals surface area contributed by atoms with E-state index >= 15 is 8.78 Å². The number of fused-ring (bicyclic) bond motifs is 4. The minimum atomic E-state index is -0.424. The van der Waals surface area contributed by atoms with Crippen molar-refractivity contribution in [3.63, 3.8) is 0 Å². The van der Waals surface area contributed by atoms with Gasteiger partial charge in [0.2, 0.25) is 0 Å². The van der Waals surface area contributed by atoms with Crippen LogP contribution in [0.15, 0.2) is 170 Å². The van der Waals surface area contributed by atoms with Crippen molar-refractivity contribution in [2.75, 3.05) is 4.90 Å². The molecule has 1 aromatic heterocycles. The van der Waals surface area contributed by atoms with Crippen molar-refractivity contribution >= 4 is 71.2 Å². The predicted molar refractivity (Wildman–Crippen MR) is 205 cm³/mol. The largest absolute Gasteiger partial charge is 0.309 e. The van der Waals surface area contributed by atoms with Gasteiger partial charge in [0.25, 0.3) is 0 Å². The molecule has 0 saturated heterocycles. The van der Waals surface area contributed by atoms with Gasteiger partial charge in [-0.2, -0.15) is 0 Å². The second kappa shape index (κ2) is 11.0. The van der Waals surface area contributed by atoms with Crippen molar-refractivity contribution in [2.45, 2.75) is 0 Å². The normalized spacial score (nSPS) is 11.8. The Bertz CT molecular complexity index is 2840. The molecule has 0 bridgehead atoms. The van der Waals surface area contributed by atoms with Gasteiger partial charge in [-0.3, -0.25) is 0 Å². The van der Waals surface area contributed by atoms with Gasteiger partial charge in [-0.1, -0.05) is 109 Å². The van der Waals surface area contributed by atoms with Gasteiger partial charge in [-0.05, 0) is 98.7 Å². The number of halogens is 2. The Hall–Kier alpha value is -6.52. The van der Waals surface area contributed by atoms with Crippen molar-refractivity contribution in [3.05, 3.63) is 181 Å². The number of rotatable bonds is 5. The molecule has 9 aromatic carbocycles. The smallest absolute Gasteiger partial charge is 0.147 e. The monoisotopic (exact) mass is 646 g/mol. The Kier molecular flexibility index (Phi) is 6.27. The minimum absolute atomic E-state index is 0.285. The summed E-state index contributed by atoms with van der Waals surface area (Å²) < 4.78 is 32.7. The molecule has 50 heavy (non-hydrogen) atoms. The van der Waals surface area contributed by atoms with Crippen LogP contribution >= 0.6 is 0 Å². The second-order valence-electron chi connectivity index (χ2n) is 12.8. The lowest BCUT2D eigenvalue weighted by Gasteiger charge is -2.26. The highest BCUT2D eigenvalue weighted by molar-refractivity contribution is 6.32. The summed E-state index contributed by atoms with van der Waals surface area (Å²) in [6, 6.07) is 55.9. The molecule has 236 valence electrons. The molecule has 1 heterocycles. The minimum Gasteiger partial charge on any atom is -0.309 e. The second-order valence-corrected chi connectivity index (χ2v) is 12.8. The number of nitrogens with zero attached hydrogens (tertiary/aromatic N) is 2. The van der Waals surface area contributed by atoms with E-state index in [1.807, 2.05) is 24.3 Å². The van der Waals surface area contributed by atoms with Gasteiger partial charge in [0, 0.05) is 27.5 Å². The van der Waals surface area contributed by atoms with E-state index in [-0.39, 0.29) is 11.4 Å². The van der Waals surface area contributed by atoms with Crippen LogP contribution in [0.2, 0.25) is 0 Å². The van der Waals surface area contributed by atoms with Crippen LogP contribution in [0.1, 0.15) is 0 Å². The lowest BCUT2D eigenvalue weighted by atomic mass is 9.89. The number of hydrogen-bond acceptors (Lipinski definition) is 1. The summed E-state index contributed by atoms with van der Waals surface area (Å²) in [7, 11) is 0. The number of anilines is 3. The molecular formula is C46H28F2N2. The van der Waals surface area contributed by atoms with Gasteiger partial charge in [0.15, 0.2) is 0 Å². The Labute approximate surface area is 287 Å². The molecule has 2 nitrogen and oxygen atoms in total. The molecule has 0 radical (unpaired) electrons. The fraction of sp³-hybridized carbons (Fsp3) is 0. The third kappa shape index (κ3) is 4.18. The molecule has 4 heteroatoms. The van der Waals surface area contributed by atoms with Gasteiger partial charge in [-0.15, -0.1) is 0 Å². The van der Waals surface area contributed by atoms with E-state index in [1.165, 1.54) is 60.9 Å². The highest BCUT2D eigenvalue weighted by atomic mass is 19.1. The summed E-state index contributed by atoms with van der Waals surface area (Å²) in [6.45, 7) is 0. The Morgan fingerprint density at radius 2 is 1.04 bits per heavy atom. The van der Waals surface area contributed by atoms with Crippen LogP contribution in [0.5, 0.6) is 0 Å². The third-order valence-electron chi connectivity index (χ3n) is 10.1. The highest BCUT2D eigenvalue weighted by Gasteiger charge is 2.21. The maximum atomic E-state index is 15.2. The summed E-state index contributed by atoms with van der Waals surface area (Å²) in [6.07, 6.45) is 0. The quantitative estimate of drug-likeness (QED) is 0.169. The maximum absolute atomic E-state index is 15.2. The Morgan fingerprint density at radius 1 is 0.440 bits per heavy atom. The van der Waals surface area contributed by atoms with E-state index < -0.39 is 11.6 Å². The van der Waals surface area contributed by atoms with E-state index in [2.05, 4.69) is 102 Å². The van der Waals surface area contributed by atoms with Crippen LogP contribution < -0.4 is 4.90 Å². The lowest BCUT2D eigenvalue weighted by molar-refractivity contribution is 0.619. The van der Waals surface area contributed by atoms with Crippen LogP contribution in [0, 0.1) is 11.6 Å². The van der Waals surface area contributed by atoms with Crippen LogP contribution in [-0.2, 0) is 0 Å². The van der Waals surface area contributed by atoms with Crippen LogP contribution in [0.4, 0.5) is 25.8 Å². The number of para-hydroxylation sites is 4. The zero-order valence-electron chi connectivity index (χ0n) is 26.8. The summed E-state index contributed by atoms with van der Waals surface area (Å²) in [5.74, 6) is -0.848.